The third-order valence-corrected chi connectivity index (χ3v) is 2.09. The van der Waals surface area contributed by atoms with Gasteiger partial charge in [0.15, 0.2) is 0 Å². The predicted molar refractivity (Wildman–Crippen MR) is 50.7 cm³/mol. The van der Waals surface area contributed by atoms with Gasteiger partial charge >= 0.3 is 0 Å². The van der Waals surface area contributed by atoms with Crippen LogP contribution in [0, 0.1) is 0 Å². The zero-order valence-corrected chi connectivity index (χ0v) is 8.43. The quantitative estimate of drug-likeness (QED) is 0.322. The molecule has 0 aromatic rings. The highest BCUT2D eigenvalue weighted by Crippen LogP contribution is 2.28. The minimum absolute atomic E-state index is 0.0845. The Morgan fingerprint density at radius 2 is 1.70 bits per heavy atom. The van der Waals surface area contributed by atoms with Crippen molar-refractivity contribution < 1.29 is 13.0 Å². The Bertz CT molecular complexity index is 188. The van der Waals surface area contributed by atoms with Crippen molar-refractivity contribution in [2.75, 3.05) is 5.75 Å². The van der Waals surface area contributed by atoms with Gasteiger partial charge in [0.1, 0.15) is 0 Å². The predicted octanol–water partition coefficient (Wildman–Crippen LogP) is 0.707. The molecule has 0 amide bonds. The van der Waals surface area contributed by atoms with Crippen LogP contribution in [0.2, 0.25) is 0 Å². The van der Waals surface area contributed by atoms with Crippen LogP contribution in [0.25, 0.3) is 0 Å². The number of hydrogen-bond donors (Lipinski definition) is 4. The summed E-state index contributed by atoms with van der Waals surface area (Å²) in [6.07, 6.45) is 0.0845. The number of hydrogen-bond acceptors (Lipinski definition) is 5. The molecule has 0 saturated carbocycles. The minimum atomic E-state index is -3.90. The monoisotopic (exact) mass is 220 g/mol. The molecule has 0 aliphatic rings. The summed E-state index contributed by atoms with van der Waals surface area (Å²) in [6.45, 7) is 0. The molecule has 0 spiro atoms. The first-order chi connectivity index (χ1) is 4.21. The van der Waals surface area contributed by atoms with Gasteiger partial charge in [0.05, 0.1) is 9.16 Å². The Hall–Kier alpha value is 0.960. The van der Waals surface area contributed by atoms with E-state index in [1.807, 2.05) is 0 Å². The van der Waals surface area contributed by atoms with Gasteiger partial charge < -0.3 is 0 Å². The highest BCUT2D eigenvalue weighted by Gasteiger charge is 2.17. The third-order valence-electron chi connectivity index (χ3n) is 0.695. The van der Waals surface area contributed by atoms with E-state index in [0.717, 1.165) is 0 Å². The SMILES string of the molecule is O=S(=O)(O)CCC(S)(S)S. The Labute approximate surface area is 76.6 Å². The van der Waals surface area contributed by atoms with E-state index in [4.69, 9.17) is 4.55 Å². The fraction of sp³-hybridized carbons (Fsp3) is 1.00. The fourth-order valence-electron chi connectivity index (χ4n) is 0.266. The summed E-state index contributed by atoms with van der Waals surface area (Å²) in [5, 5.41) is 0. The largest absolute Gasteiger partial charge is 0.286 e. The van der Waals surface area contributed by atoms with Crippen LogP contribution in [0.15, 0.2) is 0 Å². The standard InChI is InChI=1S/C3H8O3S4/c4-10(5,6)2-1-3(7,8)9/h7-9H,1-2H2,(H,4,5,6). The van der Waals surface area contributed by atoms with Crippen molar-refractivity contribution in [1.29, 1.82) is 0 Å². The molecule has 0 aliphatic heterocycles. The van der Waals surface area contributed by atoms with Crippen LogP contribution in [-0.4, -0.2) is 22.1 Å². The smallest absolute Gasteiger partial charge is 0.264 e. The minimum Gasteiger partial charge on any atom is -0.286 e. The van der Waals surface area contributed by atoms with Crippen LogP contribution in [0.5, 0.6) is 0 Å². The van der Waals surface area contributed by atoms with Crippen LogP contribution in [0.4, 0.5) is 0 Å². The Morgan fingerprint density at radius 3 is 1.80 bits per heavy atom. The highest BCUT2D eigenvalue weighted by atomic mass is 32.2. The van der Waals surface area contributed by atoms with Crippen molar-refractivity contribution >= 4 is 48.0 Å². The maximum absolute atomic E-state index is 10.1. The Balaban J connectivity index is 3.79. The van der Waals surface area contributed by atoms with E-state index >= 15 is 0 Å². The zero-order valence-electron chi connectivity index (χ0n) is 4.93. The summed E-state index contributed by atoms with van der Waals surface area (Å²) in [6, 6.07) is 0. The average molecular weight is 220 g/mol. The van der Waals surface area contributed by atoms with E-state index in [2.05, 4.69) is 37.9 Å². The zero-order chi connectivity index (χ0) is 8.41. The molecule has 0 bridgehead atoms. The molecule has 0 atom stereocenters. The molecular weight excluding hydrogens is 212 g/mol. The van der Waals surface area contributed by atoms with Gasteiger partial charge in [-0.15, -0.1) is 0 Å². The lowest BCUT2D eigenvalue weighted by molar-refractivity contribution is 0.481. The Morgan fingerprint density at radius 1 is 1.30 bits per heavy atom. The lowest BCUT2D eigenvalue weighted by atomic mass is 10.5. The van der Waals surface area contributed by atoms with E-state index < -0.39 is 13.5 Å². The van der Waals surface area contributed by atoms with Gasteiger partial charge in [0.25, 0.3) is 10.1 Å². The van der Waals surface area contributed by atoms with Gasteiger partial charge in [0, 0.05) is 0 Å². The van der Waals surface area contributed by atoms with Gasteiger partial charge in [-0.3, -0.25) is 4.55 Å². The van der Waals surface area contributed by atoms with Crippen molar-refractivity contribution in [1.82, 2.24) is 0 Å². The lowest BCUT2D eigenvalue weighted by Gasteiger charge is -2.12. The van der Waals surface area contributed by atoms with Crippen LogP contribution < -0.4 is 0 Å². The molecule has 0 aromatic carbocycles. The molecule has 62 valence electrons. The van der Waals surface area contributed by atoms with Crippen molar-refractivity contribution in [3.8, 4) is 0 Å². The number of rotatable bonds is 3. The average Bonchev–Trinajstić information content (AvgIpc) is 1.57. The molecule has 7 heteroatoms. The van der Waals surface area contributed by atoms with Crippen molar-refractivity contribution in [2.24, 2.45) is 0 Å². The van der Waals surface area contributed by atoms with Gasteiger partial charge in [-0.05, 0) is 6.42 Å². The van der Waals surface area contributed by atoms with Gasteiger partial charge in [-0.1, -0.05) is 0 Å². The summed E-state index contributed by atoms with van der Waals surface area (Å²) in [5.74, 6) is -0.372. The van der Waals surface area contributed by atoms with Crippen molar-refractivity contribution in [3.05, 3.63) is 0 Å². The third kappa shape index (κ3) is 8.96. The summed E-state index contributed by atoms with van der Waals surface area (Å²) >= 11 is 11.5. The van der Waals surface area contributed by atoms with Crippen molar-refractivity contribution in [3.63, 3.8) is 0 Å². The second kappa shape index (κ2) is 3.57. The molecule has 0 fully saturated rings. The van der Waals surface area contributed by atoms with E-state index in [1.165, 1.54) is 0 Å². The second-order valence-electron chi connectivity index (χ2n) is 1.81. The molecule has 0 heterocycles. The van der Waals surface area contributed by atoms with Crippen LogP contribution in [0.3, 0.4) is 0 Å². The lowest BCUT2D eigenvalue weighted by Crippen LogP contribution is -2.12. The molecule has 0 aromatic heterocycles. The summed E-state index contributed by atoms with van der Waals surface area (Å²) in [5.41, 5.74) is 0. The van der Waals surface area contributed by atoms with Crippen molar-refractivity contribution in [2.45, 2.75) is 9.83 Å². The number of thiol groups is 3. The van der Waals surface area contributed by atoms with Gasteiger partial charge in [-0.2, -0.15) is 46.3 Å². The van der Waals surface area contributed by atoms with E-state index in [9.17, 15) is 8.42 Å². The Kier molecular flexibility index (Phi) is 3.92. The molecule has 0 radical (unpaired) electrons. The van der Waals surface area contributed by atoms with E-state index in [-0.39, 0.29) is 12.2 Å². The first-order valence-electron chi connectivity index (χ1n) is 2.33. The van der Waals surface area contributed by atoms with Crippen LogP contribution >= 0.6 is 37.9 Å². The molecule has 0 unspecified atom stereocenters. The topological polar surface area (TPSA) is 54.4 Å². The highest BCUT2D eigenvalue weighted by molar-refractivity contribution is 8.17. The molecule has 1 N–H and O–H groups in total. The summed E-state index contributed by atoms with van der Waals surface area (Å²) in [4.78, 5) is 0. The first kappa shape index (κ1) is 11.0. The van der Waals surface area contributed by atoms with E-state index in [1.54, 1.807) is 0 Å². The maximum Gasteiger partial charge on any atom is 0.264 e. The second-order valence-corrected chi connectivity index (χ2v) is 6.73. The summed E-state index contributed by atoms with van der Waals surface area (Å²) < 4.78 is 27.6. The molecular formula is C3H8O3S4. The fourth-order valence-corrected chi connectivity index (χ4v) is 1.62. The first-order valence-corrected chi connectivity index (χ1v) is 5.28. The van der Waals surface area contributed by atoms with Crippen LogP contribution in [-0.2, 0) is 10.1 Å². The normalized spacial score (nSPS) is 13.6. The van der Waals surface area contributed by atoms with Gasteiger partial charge in [0.2, 0.25) is 0 Å². The molecule has 10 heavy (non-hydrogen) atoms. The van der Waals surface area contributed by atoms with Gasteiger partial charge in [-0.25, -0.2) is 0 Å². The maximum atomic E-state index is 10.1. The molecule has 0 saturated heterocycles. The molecule has 3 nitrogen and oxygen atoms in total. The molecule has 0 aliphatic carbocycles. The summed E-state index contributed by atoms with van der Waals surface area (Å²) in [7, 11) is -3.90. The van der Waals surface area contributed by atoms with E-state index in [0.29, 0.717) is 0 Å². The molecule has 0 rings (SSSR count). The van der Waals surface area contributed by atoms with Crippen LogP contribution in [0.1, 0.15) is 6.42 Å².